The van der Waals surface area contributed by atoms with Gasteiger partial charge in [-0.25, -0.2) is 9.59 Å². The average Bonchev–Trinajstić information content (AvgIpc) is 0.775. The third kappa shape index (κ3) is 32.0. The van der Waals surface area contributed by atoms with Gasteiger partial charge in [0.05, 0.1) is 54.9 Å². The number of hydrogen-bond donors (Lipinski definition) is 5. The number of ketones is 6. The summed E-state index contributed by atoms with van der Waals surface area (Å²) >= 11 is 0. The molecule has 756 valence electrons. The lowest BCUT2D eigenvalue weighted by Gasteiger charge is -2.42. The third-order valence-corrected chi connectivity index (χ3v) is 30.4. The molecule has 4 unspecified atom stereocenters. The van der Waals surface area contributed by atoms with E-state index in [9.17, 15) is 73.5 Å². The standard InChI is InChI=1S/C54H87NO13Si.C51H79NO13/c1-33-19-15-14-16-20-34(2)45(63-8)31-41-24-22-39(7)54(62,67-41)51(59)52(60)55-26-18-17-21-42(55)53(61)66-46(36(4)29-40-23-25-43(56)47(30-40)64-9)32-44(57)35(3)28-38(6)49(68-69(11,12)13)50(65-10)48(58)37(5)27-33;1-30-16-12-11-13-17-31(2)42(61-8)28-38-21-19-36(7)51(60,65-38)48(57)49(58)52-23-15-14-18-39(52)50(59)64-43(33(4)26-37-20-22-40(53)44(27-37)62-9)29-41(54)32(3)25-35(6)46(56)47(63-10)45(55)34(5)24-30/h14-16,19-20,28,33,35-37,39-43,45-47,49-50,56,62H,17-18,21-27,29-32H2,1-13H3;11-13,16-17,25,30,32-34,36-40,42-44,46-47,53,56,60H,14-15,18-24,26-29H2,1-10H3/b16-14?,19-15+,34-20?,38-28+;13-11?,16-12+,31-17?,35-25+/t33-,35-,36-,37-,39-,40+,41?,42?,43-,45+,46+,47-,49-,50+,54-;30-,32-,33-,34-,36-,37+,38?,39?,40-,42+,43+,44-,46-,47+,51-/m11/s1. The Bertz CT molecular complexity index is 4140. The van der Waals surface area contributed by atoms with E-state index in [0.29, 0.717) is 127 Å². The molecule has 8 aliphatic rings. The molecule has 4 bridgehead atoms. The van der Waals surface area contributed by atoms with E-state index in [-0.39, 0.29) is 116 Å². The summed E-state index contributed by atoms with van der Waals surface area (Å²) in [5, 5.41) is 56.4. The lowest BCUT2D eigenvalue weighted by Crippen LogP contribution is -2.61. The number of aliphatic hydroxyl groups is 5. The van der Waals surface area contributed by atoms with E-state index < -0.39 is 170 Å². The lowest BCUT2D eigenvalue weighted by molar-refractivity contribution is -0.265. The molecule has 5 N–H and O–H groups in total. The van der Waals surface area contributed by atoms with Crippen LogP contribution in [0.4, 0.5) is 0 Å². The Balaban J connectivity index is 0.000000366. The summed E-state index contributed by atoms with van der Waals surface area (Å²) in [6.45, 7) is 32.1. The summed E-state index contributed by atoms with van der Waals surface area (Å²) in [6.07, 6.45) is 23.9. The molecule has 134 heavy (non-hydrogen) atoms. The Morgan fingerprint density at radius 2 is 0.828 bits per heavy atom. The summed E-state index contributed by atoms with van der Waals surface area (Å²) in [5.74, 6) is -15.4. The van der Waals surface area contributed by atoms with Gasteiger partial charge in [0.25, 0.3) is 23.4 Å². The molecule has 30 atom stereocenters. The average molecular weight is 1900 g/mol. The molecule has 28 nitrogen and oxygen atoms in total. The Morgan fingerprint density at radius 3 is 1.20 bits per heavy atom. The van der Waals surface area contributed by atoms with Crippen molar-refractivity contribution in [1.82, 2.24) is 9.80 Å². The van der Waals surface area contributed by atoms with Gasteiger partial charge in [0.1, 0.15) is 54.2 Å². The van der Waals surface area contributed by atoms with Crippen molar-refractivity contribution in [1.29, 1.82) is 0 Å². The predicted octanol–water partition coefficient (Wildman–Crippen LogP) is 14.2. The van der Waals surface area contributed by atoms with Gasteiger partial charge in [0, 0.05) is 117 Å². The second kappa shape index (κ2) is 53.8. The second-order valence-corrected chi connectivity index (χ2v) is 45.8. The normalized spacial score (nSPS) is 38.4. The minimum atomic E-state index is -2.43. The number of aliphatic hydroxyl groups excluding tert-OH is 3. The Kier molecular flexibility index (Phi) is 45.9. The highest BCUT2D eigenvalue weighted by atomic mass is 28.4. The number of allylic oxidation sites excluding steroid dienone is 12. The number of esters is 2. The Hall–Kier alpha value is -6.52. The molecular formula is C105H166N2O26Si. The van der Waals surface area contributed by atoms with Crippen LogP contribution in [0.5, 0.6) is 0 Å². The van der Waals surface area contributed by atoms with Gasteiger partial charge in [-0.1, -0.05) is 142 Å². The van der Waals surface area contributed by atoms with Crippen molar-refractivity contribution < 1.29 is 125 Å². The molecule has 6 fully saturated rings. The summed E-state index contributed by atoms with van der Waals surface area (Å²) in [7, 11) is 6.92. The van der Waals surface area contributed by atoms with Gasteiger partial charge >= 0.3 is 11.9 Å². The Morgan fingerprint density at radius 1 is 0.440 bits per heavy atom. The maximum atomic E-state index is 14.5. The zero-order chi connectivity index (χ0) is 99.6. The summed E-state index contributed by atoms with van der Waals surface area (Å²) in [4.78, 5) is 145. The monoisotopic (exact) mass is 1900 g/mol. The predicted molar refractivity (Wildman–Crippen MR) is 512 cm³/mol. The first-order valence-corrected chi connectivity index (χ1v) is 52.9. The minimum Gasteiger partial charge on any atom is -0.460 e. The number of methoxy groups -OCH3 is 6. The van der Waals surface area contributed by atoms with Crippen LogP contribution in [0.3, 0.4) is 0 Å². The molecular weight excluding hydrogens is 1730 g/mol. The van der Waals surface area contributed by atoms with E-state index in [1.165, 1.54) is 24.0 Å². The van der Waals surface area contributed by atoms with Crippen LogP contribution in [-0.2, 0) is 99.7 Å². The smallest absolute Gasteiger partial charge is 0.329 e. The van der Waals surface area contributed by atoms with Crippen LogP contribution in [0.15, 0.2) is 95.2 Å². The van der Waals surface area contributed by atoms with E-state index >= 15 is 0 Å². The molecule has 0 aromatic rings. The first-order valence-electron chi connectivity index (χ1n) is 49.5. The van der Waals surface area contributed by atoms with Crippen molar-refractivity contribution in [2.45, 2.75) is 380 Å². The molecule has 6 aliphatic heterocycles. The molecule has 4 saturated heterocycles. The van der Waals surface area contributed by atoms with E-state index in [0.717, 1.165) is 24.0 Å². The van der Waals surface area contributed by atoms with Crippen LogP contribution in [0.2, 0.25) is 19.6 Å². The number of fused-ring (bicyclic) bond motifs is 6. The number of nitrogens with zero attached hydrogens (tertiary/aromatic N) is 2. The molecule has 2 amide bonds. The highest BCUT2D eigenvalue weighted by Gasteiger charge is 2.56. The molecule has 29 heteroatoms. The zero-order valence-electron chi connectivity index (χ0n) is 84.7. The lowest BCUT2D eigenvalue weighted by atomic mass is 9.78. The molecule has 2 aliphatic carbocycles. The van der Waals surface area contributed by atoms with Crippen LogP contribution >= 0.6 is 0 Å². The van der Waals surface area contributed by atoms with Crippen molar-refractivity contribution in [3.05, 3.63) is 95.2 Å². The number of carbonyl (C=O) groups excluding carboxylic acids is 10. The van der Waals surface area contributed by atoms with Gasteiger partial charge < -0.3 is 87.1 Å². The highest BCUT2D eigenvalue weighted by Crippen LogP contribution is 2.42. The van der Waals surface area contributed by atoms with Gasteiger partial charge in [-0.15, -0.1) is 0 Å². The van der Waals surface area contributed by atoms with E-state index in [2.05, 4.69) is 6.92 Å². The zero-order valence-corrected chi connectivity index (χ0v) is 85.7. The molecule has 0 spiro atoms. The molecule has 6 heterocycles. The van der Waals surface area contributed by atoms with Crippen LogP contribution < -0.4 is 0 Å². The number of hydrogen-bond acceptors (Lipinski definition) is 26. The largest absolute Gasteiger partial charge is 0.460 e. The number of ether oxygens (including phenoxy) is 10. The second-order valence-electron chi connectivity index (χ2n) is 41.4. The number of carbonyl (C=O) groups is 10. The quantitative estimate of drug-likeness (QED) is 0.0467. The number of amides is 2. The van der Waals surface area contributed by atoms with Crippen LogP contribution in [0.1, 0.15) is 251 Å². The first kappa shape index (κ1) is 114. The van der Waals surface area contributed by atoms with Gasteiger partial charge in [-0.05, 0) is 234 Å². The molecule has 0 aromatic carbocycles. The summed E-state index contributed by atoms with van der Waals surface area (Å²) in [6, 6.07) is -2.27. The Labute approximate surface area is 799 Å². The number of cyclic esters (lactones) is 2. The van der Waals surface area contributed by atoms with Crippen LogP contribution in [0, 0.1) is 71.0 Å². The van der Waals surface area contributed by atoms with E-state index in [1.807, 2.05) is 142 Å². The fraction of sp³-hybridized carbons (Fsp3) is 0.752. The third-order valence-electron chi connectivity index (χ3n) is 29.4. The van der Waals surface area contributed by atoms with Gasteiger partial charge in [0.2, 0.25) is 11.6 Å². The van der Waals surface area contributed by atoms with Crippen molar-refractivity contribution in [2.75, 3.05) is 55.7 Å². The van der Waals surface area contributed by atoms with Crippen molar-refractivity contribution >= 4 is 66.8 Å². The van der Waals surface area contributed by atoms with Crippen molar-refractivity contribution in [3.63, 3.8) is 0 Å². The maximum Gasteiger partial charge on any atom is 0.329 e. The SMILES string of the molecule is CO[C@H]1CC2CC[C@@H](C)[C@@](O)(O2)C(=O)C(=O)N2CCCCC2C(=O)O[C@H]([C@H](C)C[C@@H]2CC[C@@H](O)[C@H](OC)C2)CC(=O)[C@H](C)/C=C(\C)[C@@H](O)[C@@H](OC)C(=O)[C@H](C)C[C@H](C)/C=C/C=CC=C1C.CO[C@H]1CC2CC[C@@H](C)[C@@](O)(O2)C(=O)C(=O)N2CCCCC2C(=O)O[C@H]([C@H](C)C[C@@H]2CC[C@@H](O)[C@H](OC)C2)CC(=O)[C@H](C)/C=C(\C)[C@@H](O[Si](C)(C)C)[C@@H](OC)C(=O)[C@H](C)C[C@H](C)/C=C/C=CC=C1C. The summed E-state index contributed by atoms with van der Waals surface area (Å²) < 4.78 is 66.0. The topological polar surface area (TPSA) is 380 Å². The number of piperidine rings is 2. The van der Waals surface area contributed by atoms with Gasteiger partial charge in [-0.3, -0.25) is 38.4 Å². The van der Waals surface area contributed by atoms with Crippen molar-refractivity contribution in [2.24, 2.45) is 71.0 Å². The minimum absolute atomic E-state index is 0.0193. The molecule has 8 rings (SSSR count). The van der Waals surface area contributed by atoms with Gasteiger partial charge in [0.15, 0.2) is 19.9 Å². The van der Waals surface area contributed by atoms with E-state index in [4.69, 9.17) is 51.8 Å². The molecule has 0 aromatic heterocycles. The highest BCUT2D eigenvalue weighted by molar-refractivity contribution is 6.69. The fourth-order valence-electron chi connectivity index (χ4n) is 20.8. The fourth-order valence-corrected chi connectivity index (χ4v) is 21.8. The first-order chi connectivity index (χ1) is 63.2. The summed E-state index contributed by atoms with van der Waals surface area (Å²) in [5.41, 5.74) is 2.85. The number of Topliss-reactive ketones (excluding diaryl/α,β-unsaturated/α-hetero) is 6. The van der Waals surface area contributed by atoms with Crippen LogP contribution in [0.25, 0.3) is 0 Å². The van der Waals surface area contributed by atoms with E-state index in [1.54, 1.807) is 69.1 Å². The van der Waals surface area contributed by atoms with Crippen molar-refractivity contribution in [3.8, 4) is 0 Å². The maximum absolute atomic E-state index is 14.5. The van der Waals surface area contributed by atoms with Crippen LogP contribution in [-0.4, -0.2) is 267 Å². The molecule has 0 radical (unpaired) electrons. The molecule has 2 saturated carbocycles. The van der Waals surface area contributed by atoms with Gasteiger partial charge in [-0.2, -0.15) is 0 Å². The number of rotatable bonds is 14.